The van der Waals surface area contributed by atoms with Crippen molar-refractivity contribution in [3.63, 3.8) is 0 Å². The summed E-state index contributed by atoms with van der Waals surface area (Å²) in [6.45, 7) is 6.40. The zero-order valence-corrected chi connectivity index (χ0v) is 14.5. The van der Waals surface area contributed by atoms with Gasteiger partial charge in [0.2, 0.25) is 10.0 Å². The molecule has 0 spiro atoms. The van der Waals surface area contributed by atoms with E-state index in [4.69, 9.17) is 0 Å². The summed E-state index contributed by atoms with van der Waals surface area (Å²) in [6, 6.07) is 11.4. The highest BCUT2D eigenvalue weighted by molar-refractivity contribution is 7.89. The van der Waals surface area contributed by atoms with Crippen molar-refractivity contribution in [1.82, 2.24) is 9.71 Å². The first kappa shape index (κ1) is 17.4. The first-order valence-corrected chi connectivity index (χ1v) is 9.13. The maximum atomic E-state index is 12.0. The molecule has 2 N–H and O–H groups in total. The second-order valence-corrected chi connectivity index (χ2v) is 7.47. The number of aromatic nitrogens is 1. The fraction of sp³-hybridized carbons (Fsp3) is 0.353. The van der Waals surface area contributed by atoms with E-state index in [0.717, 1.165) is 13.0 Å². The predicted molar refractivity (Wildman–Crippen MR) is 93.1 cm³/mol. The van der Waals surface area contributed by atoms with Crippen LogP contribution in [0.3, 0.4) is 0 Å². The monoisotopic (exact) mass is 333 g/mol. The molecule has 0 atom stereocenters. The lowest BCUT2D eigenvalue weighted by Crippen LogP contribution is -2.30. The molecule has 23 heavy (non-hydrogen) atoms. The Balaban J connectivity index is 1.94. The molecule has 0 saturated heterocycles. The van der Waals surface area contributed by atoms with Crippen LogP contribution in [0.2, 0.25) is 0 Å². The first-order chi connectivity index (χ1) is 10.9. The van der Waals surface area contributed by atoms with Gasteiger partial charge in [-0.2, -0.15) is 0 Å². The van der Waals surface area contributed by atoms with Gasteiger partial charge in [-0.3, -0.25) is 0 Å². The number of rotatable bonds is 7. The van der Waals surface area contributed by atoms with Gasteiger partial charge >= 0.3 is 0 Å². The SMILES string of the molecule is Cc1ccccc1CCNc1ccc(S(=O)(=O)NC(C)C)cn1. The number of nitrogens with one attached hydrogen (secondary N) is 2. The summed E-state index contributed by atoms with van der Waals surface area (Å²) in [5.74, 6) is 0.669. The Morgan fingerprint density at radius 1 is 1.13 bits per heavy atom. The zero-order chi connectivity index (χ0) is 16.9. The molecule has 0 saturated carbocycles. The van der Waals surface area contributed by atoms with Gasteiger partial charge < -0.3 is 5.32 Å². The number of hydrogen-bond acceptors (Lipinski definition) is 4. The second-order valence-electron chi connectivity index (χ2n) is 5.76. The molecule has 5 nitrogen and oxygen atoms in total. The van der Waals surface area contributed by atoms with Crippen LogP contribution < -0.4 is 10.0 Å². The molecule has 1 heterocycles. The molecular formula is C17H23N3O2S. The van der Waals surface area contributed by atoms with Gasteiger partial charge in [-0.05, 0) is 50.5 Å². The van der Waals surface area contributed by atoms with E-state index in [1.54, 1.807) is 26.0 Å². The molecular weight excluding hydrogens is 310 g/mol. The topological polar surface area (TPSA) is 71.1 Å². The van der Waals surface area contributed by atoms with Gasteiger partial charge in [-0.1, -0.05) is 24.3 Å². The highest BCUT2D eigenvalue weighted by atomic mass is 32.2. The maximum absolute atomic E-state index is 12.0. The van der Waals surface area contributed by atoms with Crippen LogP contribution in [0.15, 0.2) is 47.5 Å². The van der Waals surface area contributed by atoms with Gasteiger partial charge in [-0.25, -0.2) is 18.1 Å². The van der Waals surface area contributed by atoms with Crippen molar-refractivity contribution >= 4 is 15.8 Å². The third-order valence-corrected chi connectivity index (χ3v) is 5.04. The standard InChI is InChI=1S/C17H23N3O2S/c1-13(2)20-23(21,22)16-8-9-17(19-12-16)18-11-10-15-7-5-4-6-14(15)3/h4-9,12-13,20H,10-11H2,1-3H3,(H,18,19). The van der Waals surface area contributed by atoms with E-state index in [2.05, 4.69) is 34.1 Å². The quantitative estimate of drug-likeness (QED) is 0.817. The van der Waals surface area contributed by atoms with E-state index in [0.29, 0.717) is 5.82 Å². The maximum Gasteiger partial charge on any atom is 0.242 e. The molecule has 0 bridgehead atoms. The molecule has 0 fully saturated rings. The average molecular weight is 333 g/mol. The van der Waals surface area contributed by atoms with Crippen molar-refractivity contribution < 1.29 is 8.42 Å². The van der Waals surface area contributed by atoms with Crippen LogP contribution >= 0.6 is 0 Å². The van der Waals surface area contributed by atoms with Crippen LogP contribution in [0.4, 0.5) is 5.82 Å². The van der Waals surface area contributed by atoms with Crippen molar-refractivity contribution in [2.75, 3.05) is 11.9 Å². The molecule has 0 aliphatic heterocycles. The average Bonchev–Trinajstić information content (AvgIpc) is 2.48. The van der Waals surface area contributed by atoms with Gasteiger partial charge in [0, 0.05) is 18.8 Å². The van der Waals surface area contributed by atoms with Gasteiger partial charge in [-0.15, -0.1) is 0 Å². The Hall–Kier alpha value is -1.92. The number of pyridine rings is 1. The van der Waals surface area contributed by atoms with E-state index in [1.807, 2.05) is 12.1 Å². The summed E-state index contributed by atoms with van der Waals surface area (Å²) in [5, 5.41) is 3.21. The minimum atomic E-state index is -3.49. The summed E-state index contributed by atoms with van der Waals surface area (Å²) in [4.78, 5) is 4.35. The van der Waals surface area contributed by atoms with Crippen molar-refractivity contribution in [3.05, 3.63) is 53.7 Å². The van der Waals surface area contributed by atoms with Crippen LogP contribution in [0.1, 0.15) is 25.0 Å². The minimum absolute atomic E-state index is 0.146. The summed E-state index contributed by atoms with van der Waals surface area (Å²) >= 11 is 0. The summed E-state index contributed by atoms with van der Waals surface area (Å²) in [6.07, 6.45) is 2.27. The summed E-state index contributed by atoms with van der Waals surface area (Å²) in [5.41, 5.74) is 2.56. The largest absolute Gasteiger partial charge is 0.370 e. The van der Waals surface area contributed by atoms with Crippen molar-refractivity contribution in [2.24, 2.45) is 0 Å². The van der Waals surface area contributed by atoms with Gasteiger partial charge in [0.25, 0.3) is 0 Å². The van der Waals surface area contributed by atoms with Gasteiger partial charge in [0.1, 0.15) is 10.7 Å². The third-order valence-electron chi connectivity index (χ3n) is 3.40. The zero-order valence-electron chi connectivity index (χ0n) is 13.7. The Kier molecular flexibility index (Phi) is 5.74. The fourth-order valence-corrected chi connectivity index (χ4v) is 3.43. The lowest BCUT2D eigenvalue weighted by Gasteiger charge is -2.10. The van der Waals surface area contributed by atoms with E-state index in [-0.39, 0.29) is 10.9 Å². The molecule has 0 aliphatic rings. The van der Waals surface area contributed by atoms with Crippen molar-refractivity contribution in [2.45, 2.75) is 38.1 Å². The fourth-order valence-electron chi connectivity index (χ4n) is 2.24. The minimum Gasteiger partial charge on any atom is -0.370 e. The smallest absolute Gasteiger partial charge is 0.242 e. The van der Waals surface area contributed by atoms with Crippen molar-refractivity contribution in [1.29, 1.82) is 0 Å². The van der Waals surface area contributed by atoms with Crippen molar-refractivity contribution in [3.8, 4) is 0 Å². The normalized spacial score (nSPS) is 11.7. The molecule has 1 aromatic carbocycles. The van der Waals surface area contributed by atoms with Crippen LogP contribution in [0.25, 0.3) is 0 Å². The second kappa shape index (κ2) is 7.57. The Labute approximate surface area is 138 Å². The van der Waals surface area contributed by atoms with E-state index < -0.39 is 10.0 Å². The molecule has 124 valence electrons. The predicted octanol–water partition coefficient (Wildman–Crippen LogP) is 2.73. The molecule has 1 aromatic heterocycles. The first-order valence-electron chi connectivity index (χ1n) is 7.65. The Morgan fingerprint density at radius 2 is 1.87 bits per heavy atom. The van der Waals surface area contributed by atoms with E-state index in [9.17, 15) is 8.42 Å². The lowest BCUT2D eigenvalue weighted by atomic mass is 10.1. The third kappa shape index (κ3) is 5.04. The highest BCUT2D eigenvalue weighted by Gasteiger charge is 2.15. The van der Waals surface area contributed by atoms with Crippen LogP contribution in [0.5, 0.6) is 0 Å². The van der Waals surface area contributed by atoms with Gasteiger partial charge in [0.15, 0.2) is 0 Å². The summed E-state index contributed by atoms with van der Waals surface area (Å²) < 4.78 is 26.6. The molecule has 0 unspecified atom stereocenters. The molecule has 0 amide bonds. The summed E-state index contributed by atoms with van der Waals surface area (Å²) in [7, 11) is -3.49. The van der Waals surface area contributed by atoms with Crippen LogP contribution in [-0.2, 0) is 16.4 Å². The lowest BCUT2D eigenvalue weighted by molar-refractivity contribution is 0.569. The molecule has 2 aromatic rings. The van der Waals surface area contributed by atoms with Crippen LogP contribution in [0, 0.1) is 6.92 Å². The van der Waals surface area contributed by atoms with E-state index in [1.165, 1.54) is 17.3 Å². The van der Waals surface area contributed by atoms with Gasteiger partial charge in [0.05, 0.1) is 0 Å². The molecule has 0 aliphatic carbocycles. The number of benzene rings is 1. The number of sulfonamides is 1. The van der Waals surface area contributed by atoms with E-state index >= 15 is 0 Å². The number of anilines is 1. The van der Waals surface area contributed by atoms with Crippen LogP contribution in [-0.4, -0.2) is 26.0 Å². The molecule has 2 rings (SSSR count). The number of nitrogens with zero attached hydrogens (tertiary/aromatic N) is 1. The Bertz CT molecular complexity index is 741. The molecule has 0 radical (unpaired) electrons. The number of hydrogen-bond donors (Lipinski definition) is 2. The molecule has 6 heteroatoms. The Morgan fingerprint density at radius 3 is 2.48 bits per heavy atom. The number of aryl methyl sites for hydroxylation is 1. The highest BCUT2D eigenvalue weighted by Crippen LogP contribution is 2.12.